The highest BCUT2D eigenvalue weighted by Crippen LogP contribution is 2.43. The van der Waals surface area contributed by atoms with Crippen LogP contribution in [0.3, 0.4) is 0 Å². The number of thioether (sulfide) groups is 1. The number of esters is 1. The van der Waals surface area contributed by atoms with E-state index in [1.54, 1.807) is 13.8 Å². The molecule has 6 nitrogen and oxygen atoms in total. The van der Waals surface area contributed by atoms with Crippen LogP contribution in [0, 0.1) is 0 Å². The zero-order valence-electron chi connectivity index (χ0n) is 25.5. The molecule has 38 heavy (non-hydrogen) atoms. The average molecular weight is 580 g/mol. The Hall–Kier alpha value is -0.200. The topological polar surface area (TPSA) is 82.1 Å². The number of ether oxygens (including phenoxy) is 2. The van der Waals surface area contributed by atoms with Gasteiger partial charge in [-0.3, -0.25) is 4.74 Å². The molecule has 0 aromatic rings. The van der Waals surface area contributed by atoms with E-state index in [1.165, 1.54) is 83.5 Å². The Morgan fingerprint density at radius 2 is 1.29 bits per heavy atom. The Morgan fingerprint density at radius 1 is 0.789 bits per heavy atom. The van der Waals surface area contributed by atoms with Gasteiger partial charge < -0.3 is 9.84 Å². The van der Waals surface area contributed by atoms with Gasteiger partial charge in [0.05, 0.1) is 12.7 Å². The van der Waals surface area contributed by atoms with Crippen LogP contribution in [0.25, 0.3) is 0 Å². The molecule has 0 aromatic carbocycles. The van der Waals surface area contributed by atoms with Crippen molar-refractivity contribution in [3.63, 3.8) is 0 Å². The third kappa shape index (κ3) is 18.2. The monoisotopic (exact) mass is 579 g/mol. The molecule has 0 heterocycles. The van der Waals surface area contributed by atoms with E-state index in [1.807, 2.05) is 25.6 Å². The van der Waals surface area contributed by atoms with Gasteiger partial charge in [-0.1, -0.05) is 111 Å². The molecule has 1 N–H and O–H groups in total. The maximum Gasteiger partial charge on any atom is 0.589 e. The number of rotatable bonds is 27. The SMILES string of the molecule is CCCCCCCCCCSC(CCCCCCCCC)C(C)O[P+](=O)C(O)(OCCC)C(=O)OC(C)C. The summed E-state index contributed by atoms with van der Waals surface area (Å²) in [5.41, 5.74) is -2.59. The van der Waals surface area contributed by atoms with E-state index < -0.39 is 25.6 Å². The van der Waals surface area contributed by atoms with Gasteiger partial charge in [-0.25, -0.2) is 4.79 Å². The minimum atomic E-state index is -2.84. The first kappa shape index (κ1) is 37.8. The lowest BCUT2D eigenvalue weighted by Crippen LogP contribution is -2.42. The molecule has 0 bridgehead atoms. The van der Waals surface area contributed by atoms with Crippen molar-refractivity contribution in [1.82, 2.24) is 0 Å². The molecule has 4 unspecified atom stereocenters. The molecule has 0 aliphatic heterocycles. The van der Waals surface area contributed by atoms with Crippen molar-refractivity contribution >= 4 is 25.8 Å². The summed E-state index contributed by atoms with van der Waals surface area (Å²) in [7, 11) is -2.84. The van der Waals surface area contributed by atoms with Crippen LogP contribution in [0.4, 0.5) is 0 Å². The molecule has 0 spiro atoms. The van der Waals surface area contributed by atoms with Crippen molar-refractivity contribution in [3.05, 3.63) is 0 Å². The second-order valence-corrected chi connectivity index (χ2v) is 13.5. The van der Waals surface area contributed by atoms with E-state index in [2.05, 4.69) is 13.8 Å². The highest BCUT2D eigenvalue weighted by Gasteiger charge is 2.62. The highest BCUT2D eigenvalue weighted by atomic mass is 32.2. The van der Waals surface area contributed by atoms with Gasteiger partial charge in [0.1, 0.15) is 6.10 Å². The highest BCUT2D eigenvalue weighted by molar-refractivity contribution is 7.99. The Labute approximate surface area is 240 Å². The predicted octanol–water partition coefficient (Wildman–Crippen LogP) is 9.54. The largest absolute Gasteiger partial charge is 0.589 e. The maximum atomic E-state index is 13.1. The van der Waals surface area contributed by atoms with E-state index in [9.17, 15) is 14.5 Å². The zero-order chi connectivity index (χ0) is 28.7. The second-order valence-electron chi connectivity index (χ2n) is 10.8. The van der Waals surface area contributed by atoms with E-state index >= 15 is 0 Å². The summed E-state index contributed by atoms with van der Waals surface area (Å²) in [6.45, 7) is 11.7. The Kier molecular flexibility index (Phi) is 24.5. The summed E-state index contributed by atoms with van der Waals surface area (Å²) >= 11 is 1.87. The number of hydrogen-bond acceptors (Lipinski definition) is 7. The molecular weight excluding hydrogens is 519 g/mol. The molecule has 0 amide bonds. The number of carbonyl (C=O) groups excluding carboxylic acids is 1. The number of hydrogen-bond donors (Lipinski definition) is 1. The van der Waals surface area contributed by atoms with Gasteiger partial charge in [0.25, 0.3) is 0 Å². The summed E-state index contributed by atoms with van der Waals surface area (Å²) < 4.78 is 29.5. The molecule has 0 aromatic heterocycles. The van der Waals surface area contributed by atoms with Crippen molar-refractivity contribution < 1.29 is 28.5 Å². The van der Waals surface area contributed by atoms with Gasteiger partial charge in [0, 0.05) is 5.25 Å². The smallest absolute Gasteiger partial charge is 0.455 e. The number of aliphatic hydroxyl groups is 1. The third-order valence-electron chi connectivity index (χ3n) is 6.57. The minimum Gasteiger partial charge on any atom is -0.455 e. The van der Waals surface area contributed by atoms with Crippen molar-refractivity contribution in [2.75, 3.05) is 12.4 Å². The summed E-state index contributed by atoms with van der Waals surface area (Å²) in [5.74, 6) is -0.0171. The van der Waals surface area contributed by atoms with E-state index in [4.69, 9.17) is 14.0 Å². The average Bonchev–Trinajstić information content (AvgIpc) is 2.88. The molecule has 8 heteroatoms. The maximum absolute atomic E-state index is 13.1. The van der Waals surface area contributed by atoms with Crippen LogP contribution < -0.4 is 0 Å². The molecule has 0 aliphatic rings. The van der Waals surface area contributed by atoms with Crippen LogP contribution in [-0.2, 0) is 23.4 Å². The summed E-state index contributed by atoms with van der Waals surface area (Å²) in [4.78, 5) is 12.6. The van der Waals surface area contributed by atoms with Crippen LogP contribution in [0.2, 0.25) is 0 Å². The van der Waals surface area contributed by atoms with E-state index in [0.717, 1.165) is 25.0 Å². The first-order valence-corrected chi connectivity index (χ1v) is 17.8. The third-order valence-corrected chi connectivity index (χ3v) is 9.47. The Balaban J connectivity index is 4.96. The standard InChI is InChI=1S/C30H60O6PS/c1-7-10-12-14-16-18-20-22-25-38-28(23-21-19-17-15-13-11-8-2)27(6)36-37(33)30(32,34-24-9-3)29(31)35-26(4)5/h26-28,32H,7-25H2,1-6H3/q+1. The number of carbonyl (C=O) groups is 1. The summed E-state index contributed by atoms with van der Waals surface area (Å²) in [5, 5.41) is 11.1. The van der Waals surface area contributed by atoms with Gasteiger partial charge in [-0.05, 0) is 50.4 Å². The molecule has 226 valence electrons. The normalized spacial score (nSPS) is 15.3. The zero-order valence-corrected chi connectivity index (χ0v) is 27.2. The fourth-order valence-corrected chi connectivity index (χ4v) is 6.64. The van der Waals surface area contributed by atoms with Gasteiger partial charge in [-0.15, -0.1) is 4.52 Å². The predicted molar refractivity (Wildman–Crippen MR) is 162 cm³/mol. The van der Waals surface area contributed by atoms with Gasteiger partial charge in [0.2, 0.25) is 0 Å². The van der Waals surface area contributed by atoms with Crippen LogP contribution in [-0.4, -0.2) is 46.4 Å². The van der Waals surface area contributed by atoms with Crippen LogP contribution in [0.15, 0.2) is 0 Å². The van der Waals surface area contributed by atoms with Gasteiger partial charge >= 0.3 is 19.5 Å². The van der Waals surface area contributed by atoms with Gasteiger partial charge in [0.15, 0.2) is 0 Å². The lowest BCUT2D eigenvalue weighted by Gasteiger charge is -2.22. The van der Waals surface area contributed by atoms with Crippen LogP contribution >= 0.6 is 19.8 Å². The molecule has 0 radical (unpaired) electrons. The van der Waals surface area contributed by atoms with Crippen LogP contribution in [0.5, 0.6) is 0 Å². The van der Waals surface area contributed by atoms with Crippen LogP contribution in [0.1, 0.15) is 151 Å². The lowest BCUT2D eigenvalue weighted by molar-refractivity contribution is -0.202. The van der Waals surface area contributed by atoms with E-state index in [-0.39, 0.29) is 18.0 Å². The molecule has 4 atom stereocenters. The fraction of sp³-hybridized carbons (Fsp3) is 0.967. The van der Waals surface area contributed by atoms with Crippen molar-refractivity contribution in [3.8, 4) is 0 Å². The second kappa shape index (κ2) is 24.6. The van der Waals surface area contributed by atoms with Crippen molar-refractivity contribution in [2.24, 2.45) is 0 Å². The van der Waals surface area contributed by atoms with Crippen molar-refractivity contribution in [2.45, 2.75) is 174 Å². The Morgan fingerprint density at radius 3 is 1.79 bits per heavy atom. The molecule has 0 rings (SSSR count). The first-order valence-electron chi connectivity index (χ1n) is 15.6. The lowest BCUT2D eigenvalue weighted by atomic mass is 10.1. The van der Waals surface area contributed by atoms with Crippen molar-refractivity contribution in [1.29, 1.82) is 0 Å². The molecule has 0 fully saturated rings. The molecular formula is C30H60O6PS+. The molecule has 0 aliphatic carbocycles. The quantitative estimate of drug-likeness (QED) is 0.0449. The fourth-order valence-electron chi connectivity index (χ4n) is 4.24. The van der Waals surface area contributed by atoms with Gasteiger partial charge in [-0.2, -0.15) is 11.8 Å². The summed E-state index contributed by atoms with van der Waals surface area (Å²) in [6, 6.07) is 0. The van der Waals surface area contributed by atoms with E-state index in [0.29, 0.717) is 6.42 Å². The minimum absolute atomic E-state index is 0.0805. The Bertz CT molecular complexity index is 591. The molecule has 0 saturated heterocycles. The first-order chi connectivity index (χ1) is 18.2. The number of unbranched alkanes of at least 4 members (excludes halogenated alkanes) is 13. The molecule has 0 saturated carbocycles. The summed E-state index contributed by atoms with van der Waals surface area (Å²) in [6.07, 6.45) is 19.6.